The summed E-state index contributed by atoms with van der Waals surface area (Å²) in [6, 6.07) is 11.0. The Morgan fingerprint density at radius 3 is 2.29 bits per heavy atom. The third kappa shape index (κ3) is 6.02. The predicted octanol–water partition coefficient (Wildman–Crippen LogP) is 4.65. The van der Waals surface area contributed by atoms with Crippen LogP contribution in [0.4, 0.5) is 5.69 Å². The Balaban J connectivity index is 2.29. The lowest BCUT2D eigenvalue weighted by Crippen LogP contribution is -2.26. The Hall–Kier alpha value is -0.630. The molecule has 1 rings (SSSR count). The molecule has 0 saturated heterocycles. The standard InChI is InChI=1S/C15H25NS/c1-12(2)10-11-17-14(4)13(3)16-15-8-6-5-7-9-15/h5-9,12-14,16H,10-11H2,1-4H3/t13-,14-/m1/s1. The third-order valence-electron chi connectivity index (χ3n) is 2.95. The first-order chi connectivity index (χ1) is 8.09. The van der Waals surface area contributed by atoms with Gasteiger partial charge in [0.25, 0.3) is 0 Å². The number of para-hydroxylation sites is 1. The molecule has 0 spiro atoms. The molecule has 2 heteroatoms. The summed E-state index contributed by atoms with van der Waals surface area (Å²) in [4.78, 5) is 0. The molecule has 0 aromatic heterocycles. The van der Waals surface area contributed by atoms with Crippen molar-refractivity contribution in [3.8, 4) is 0 Å². The number of anilines is 1. The minimum absolute atomic E-state index is 0.509. The summed E-state index contributed by atoms with van der Waals surface area (Å²) in [5, 5.41) is 4.21. The van der Waals surface area contributed by atoms with Crippen molar-refractivity contribution in [3.05, 3.63) is 30.3 Å². The average Bonchev–Trinajstić information content (AvgIpc) is 2.29. The van der Waals surface area contributed by atoms with Gasteiger partial charge in [0.05, 0.1) is 0 Å². The normalized spacial score (nSPS) is 14.6. The molecule has 0 saturated carbocycles. The van der Waals surface area contributed by atoms with E-state index in [1.165, 1.54) is 17.9 Å². The van der Waals surface area contributed by atoms with E-state index in [9.17, 15) is 0 Å². The van der Waals surface area contributed by atoms with E-state index in [-0.39, 0.29) is 0 Å². The van der Waals surface area contributed by atoms with Crippen LogP contribution in [0.3, 0.4) is 0 Å². The molecule has 0 amide bonds. The topological polar surface area (TPSA) is 12.0 Å². The molecule has 2 atom stereocenters. The first-order valence-corrected chi connectivity index (χ1v) is 7.57. The van der Waals surface area contributed by atoms with Gasteiger partial charge in [0.2, 0.25) is 0 Å². The van der Waals surface area contributed by atoms with Gasteiger partial charge in [-0.25, -0.2) is 0 Å². The number of rotatable bonds is 7. The van der Waals surface area contributed by atoms with Gasteiger partial charge >= 0.3 is 0 Å². The van der Waals surface area contributed by atoms with Crippen LogP contribution in [-0.2, 0) is 0 Å². The monoisotopic (exact) mass is 251 g/mol. The average molecular weight is 251 g/mol. The quantitative estimate of drug-likeness (QED) is 0.756. The molecule has 0 fully saturated rings. The largest absolute Gasteiger partial charge is 0.381 e. The minimum atomic E-state index is 0.509. The zero-order valence-corrected chi connectivity index (χ0v) is 12.3. The number of benzene rings is 1. The van der Waals surface area contributed by atoms with Crippen molar-refractivity contribution >= 4 is 17.4 Å². The molecule has 1 N–H and O–H groups in total. The Bertz CT molecular complexity index is 297. The molecule has 17 heavy (non-hydrogen) atoms. The van der Waals surface area contributed by atoms with Gasteiger partial charge in [0, 0.05) is 17.0 Å². The summed E-state index contributed by atoms with van der Waals surface area (Å²) in [7, 11) is 0. The van der Waals surface area contributed by atoms with Crippen LogP contribution in [0.2, 0.25) is 0 Å². The van der Waals surface area contributed by atoms with Crippen LogP contribution in [0.15, 0.2) is 30.3 Å². The molecule has 1 aromatic rings. The van der Waals surface area contributed by atoms with Crippen LogP contribution in [0.25, 0.3) is 0 Å². The summed E-state index contributed by atoms with van der Waals surface area (Å²) in [5.74, 6) is 2.08. The SMILES string of the molecule is CC(C)CCS[C@H](C)[C@@H](C)Nc1ccccc1. The number of hydrogen-bond donors (Lipinski definition) is 1. The highest BCUT2D eigenvalue weighted by molar-refractivity contribution is 7.99. The van der Waals surface area contributed by atoms with Crippen LogP contribution in [0.1, 0.15) is 34.1 Å². The summed E-state index contributed by atoms with van der Waals surface area (Å²) in [6.07, 6.45) is 1.31. The van der Waals surface area contributed by atoms with Gasteiger partial charge < -0.3 is 5.32 Å². The van der Waals surface area contributed by atoms with Crippen molar-refractivity contribution in [2.75, 3.05) is 11.1 Å². The van der Waals surface area contributed by atoms with E-state index in [4.69, 9.17) is 0 Å². The van der Waals surface area contributed by atoms with Crippen molar-refractivity contribution in [3.63, 3.8) is 0 Å². The number of nitrogens with one attached hydrogen (secondary N) is 1. The fourth-order valence-corrected chi connectivity index (χ4v) is 2.88. The molecule has 0 aliphatic heterocycles. The van der Waals surface area contributed by atoms with Gasteiger partial charge in [0.15, 0.2) is 0 Å². The second kappa shape index (κ2) is 7.65. The summed E-state index contributed by atoms with van der Waals surface area (Å²) in [6.45, 7) is 9.15. The highest BCUT2D eigenvalue weighted by Crippen LogP contribution is 2.20. The van der Waals surface area contributed by atoms with Gasteiger partial charge in [-0.05, 0) is 37.1 Å². The molecule has 1 aromatic carbocycles. The van der Waals surface area contributed by atoms with Gasteiger partial charge in [-0.15, -0.1) is 0 Å². The fraction of sp³-hybridized carbons (Fsp3) is 0.600. The van der Waals surface area contributed by atoms with Gasteiger partial charge in [0.1, 0.15) is 0 Å². The van der Waals surface area contributed by atoms with E-state index in [0.29, 0.717) is 11.3 Å². The van der Waals surface area contributed by atoms with Crippen molar-refractivity contribution in [2.45, 2.75) is 45.4 Å². The second-order valence-electron chi connectivity index (χ2n) is 5.06. The Morgan fingerprint density at radius 1 is 1.06 bits per heavy atom. The lowest BCUT2D eigenvalue weighted by molar-refractivity contribution is 0.630. The van der Waals surface area contributed by atoms with E-state index in [0.717, 1.165) is 5.92 Å². The van der Waals surface area contributed by atoms with Crippen LogP contribution in [-0.4, -0.2) is 17.0 Å². The Morgan fingerprint density at radius 2 is 1.71 bits per heavy atom. The first-order valence-electron chi connectivity index (χ1n) is 6.52. The number of thioether (sulfide) groups is 1. The lowest BCUT2D eigenvalue weighted by Gasteiger charge is -2.22. The van der Waals surface area contributed by atoms with E-state index >= 15 is 0 Å². The molecule has 1 nitrogen and oxygen atoms in total. The maximum atomic E-state index is 3.56. The maximum absolute atomic E-state index is 3.56. The molecule has 0 bridgehead atoms. The molecular formula is C15H25NS. The van der Waals surface area contributed by atoms with Crippen molar-refractivity contribution < 1.29 is 0 Å². The molecule has 0 heterocycles. The smallest absolute Gasteiger partial charge is 0.0349 e. The van der Waals surface area contributed by atoms with Crippen LogP contribution in [0.5, 0.6) is 0 Å². The highest BCUT2D eigenvalue weighted by Gasteiger charge is 2.12. The maximum Gasteiger partial charge on any atom is 0.0349 e. The van der Waals surface area contributed by atoms with Crippen molar-refractivity contribution in [1.29, 1.82) is 0 Å². The summed E-state index contributed by atoms with van der Waals surface area (Å²) < 4.78 is 0. The van der Waals surface area contributed by atoms with Crippen LogP contribution in [0, 0.1) is 5.92 Å². The predicted molar refractivity (Wildman–Crippen MR) is 80.9 cm³/mol. The first kappa shape index (κ1) is 14.4. The van der Waals surface area contributed by atoms with Gasteiger partial charge in [-0.3, -0.25) is 0 Å². The number of hydrogen-bond acceptors (Lipinski definition) is 2. The van der Waals surface area contributed by atoms with Crippen LogP contribution < -0.4 is 5.32 Å². The Labute approximate surface area is 110 Å². The van der Waals surface area contributed by atoms with Gasteiger partial charge in [-0.2, -0.15) is 11.8 Å². The second-order valence-corrected chi connectivity index (χ2v) is 6.54. The zero-order valence-electron chi connectivity index (χ0n) is 11.4. The van der Waals surface area contributed by atoms with E-state index in [1.54, 1.807) is 0 Å². The third-order valence-corrected chi connectivity index (χ3v) is 4.35. The minimum Gasteiger partial charge on any atom is -0.381 e. The fourth-order valence-electron chi connectivity index (χ4n) is 1.55. The molecule has 0 aliphatic carbocycles. The molecule has 96 valence electrons. The van der Waals surface area contributed by atoms with E-state index < -0.39 is 0 Å². The summed E-state index contributed by atoms with van der Waals surface area (Å²) in [5.41, 5.74) is 1.22. The van der Waals surface area contributed by atoms with Crippen LogP contribution >= 0.6 is 11.8 Å². The molecule has 0 aliphatic rings. The highest BCUT2D eigenvalue weighted by atomic mass is 32.2. The lowest BCUT2D eigenvalue weighted by atomic mass is 10.2. The van der Waals surface area contributed by atoms with Crippen molar-refractivity contribution in [1.82, 2.24) is 0 Å². The molecular weight excluding hydrogens is 226 g/mol. The van der Waals surface area contributed by atoms with E-state index in [1.807, 2.05) is 0 Å². The van der Waals surface area contributed by atoms with E-state index in [2.05, 4.69) is 75.1 Å². The van der Waals surface area contributed by atoms with Gasteiger partial charge in [-0.1, -0.05) is 39.0 Å². The zero-order chi connectivity index (χ0) is 12.7. The summed E-state index contributed by atoms with van der Waals surface area (Å²) >= 11 is 2.07. The molecule has 0 radical (unpaired) electrons. The Kier molecular flexibility index (Phi) is 6.49. The molecule has 0 unspecified atom stereocenters. The van der Waals surface area contributed by atoms with Crippen molar-refractivity contribution in [2.24, 2.45) is 5.92 Å².